The average molecular weight is 468 g/mol. The molecule has 3 amide bonds. The van der Waals surface area contributed by atoms with Crippen LogP contribution in [0.2, 0.25) is 0 Å². The van der Waals surface area contributed by atoms with Crippen molar-refractivity contribution in [3.63, 3.8) is 0 Å². The number of para-hydroxylation sites is 1. The van der Waals surface area contributed by atoms with Gasteiger partial charge in [-0.3, -0.25) is 9.59 Å². The second-order valence-corrected chi connectivity index (χ2v) is 9.84. The number of amides is 3. The lowest BCUT2D eigenvalue weighted by Gasteiger charge is -2.31. The molecule has 0 fully saturated rings. The zero-order valence-electron chi connectivity index (χ0n) is 21.7. The van der Waals surface area contributed by atoms with Gasteiger partial charge in [-0.05, 0) is 77.6 Å². The molecule has 34 heavy (non-hydrogen) atoms. The van der Waals surface area contributed by atoms with Crippen molar-refractivity contribution in [2.75, 3.05) is 12.4 Å². The first-order chi connectivity index (χ1) is 15.7. The van der Waals surface area contributed by atoms with E-state index >= 15 is 0 Å². The molecule has 0 bridgehead atoms. The summed E-state index contributed by atoms with van der Waals surface area (Å²) in [7, 11) is 1.58. The van der Waals surface area contributed by atoms with Crippen LogP contribution in [0.3, 0.4) is 0 Å². The Kier molecular flexibility index (Phi) is 8.48. The second-order valence-electron chi connectivity index (χ2n) is 9.84. The van der Waals surface area contributed by atoms with E-state index in [0.717, 1.165) is 33.5 Å². The van der Waals surface area contributed by atoms with Crippen molar-refractivity contribution in [1.82, 2.24) is 10.2 Å². The van der Waals surface area contributed by atoms with Crippen LogP contribution in [-0.2, 0) is 14.3 Å². The zero-order valence-corrected chi connectivity index (χ0v) is 21.7. The normalized spacial score (nSPS) is 13.0. The Bertz CT molecular complexity index is 1050. The van der Waals surface area contributed by atoms with Gasteiger partial charge in [-0.15, -0.1) is 0 Å². The molecule has 0 saturated carbocycles. The third-order valence-corrected chi connectivity index (χ3v) is 5.55. The molecule has 2 N–H and O–H groups in total. The summed E-state index contributed by atoms with van der Waals surface area (Å²) in [5.74, 6) is -0.736. The second kappa shape index (κ2) is 10.7. The van der Waals surface area contributed by atoms with Crippen molar-refractivity contribution in [2.45, 2.75) is 73.1 Å². The molecule has 2 aromatic rings. The van der Waals surface area contributed by atoms with Gasteiger partial charge in [-0.2, -0.15) is 0 Å². The van der Waals surface area contributed by atoms with Gasteiger partial charge in [0.15, 0.2) is 0 Å². The van der Waals surface area contributed by atoms with Crippen molar-refractivity contribution < 1.29 is 19.1 Å². The summed E-state index contributed by atoms with van der Waals surface area (Å²) < 4.78 is 5.27. The third-order valence-electron chi connectivity index (χ3n) is 5.55. The highest BCUT2D eigenvalue weighted by Gasteiger charge is 2.33. The van der Waals surface area contributed by atoms with Crippen LogP contribution in [-0.4, -0.2) is 41.5 Å². The summed E-state index contributed by atoms with van der Waals surface area (Å²) in [5, 5.41) is 5.60. The highest BCUT2D eigenvalue weighted by Crippen LogP contribution is 2.28. The SMILES string of the molecule is Cc1ccc(C)c(C(C(=O)Nc2c(C)cccc2C)N(C)C(=O)C(C)NC(=O)OC(C)(C)C)c1. The van der Waals surface area contributed by atoms with Crippen LogP contribution < -0.4 is 10.6 Å². The molecule has 0 heterocycles. The van der Waals surface area contributed by atoms with Crippen molar-refractivity contribution in [2.24, 2.45) is 0 Å². The molecule has 0 radical (unpaired) electrons. The molecule has 0 aromatic heterocycles. The number of hydrogen-bond donors (Lipinski definition) is 2. The van der Waals surface area contributed by atoms with Gasteiger partial charge in [0.1, 0.15) is 17.7 Å². The number of carbonyl (C=O) groups is 3. The molecule has 184 valence electrons. The van der Waals surface area contributed by atoms with Gasteiger partial charge in [0.25, 0.3) is 5.91 Å². The Hall–Kier alpha value is -3.35. The number of alkyl carbamates (subject to hydrolysis) is 1. The van der Waals surface area contributed by atoms with E-state index in [9.17, 15) is 14.4 Å². The van der Waals surface area contributed by atoms with Crippen LogP contribution >= 0.6 is 0 Å². The number of nitrogens with zero attached hydrogens (tertiary/aromatic N) is 1. The molecule has 2 unspecified atom stereocenters. The number of benzene rings is 2. The molecule has 7 nitrogen and oxygen atoms in total. The lowest BCUT2D eigenvalue weighted by Crippen LogP contribution is -2.49. The third kappa shape index (κ3) is 6.83. The maximum Gasteiger partial charge on any atom is 0.408 e. The number of likely N-dealkylation sites (N-methyl/N-ethyl adjacent to an activating group) is 1. The van der Waals surface area contributed by atoms with E-state index in [1.807, 2.05) is 64.1 Å². The standard InChI is InChI=1S/C27H37N3O4/c1-16-13-14-17(2)21(15-16)23(24(31)29-22-18(3)11-10-12-19(22)4)30(9)25(32)20(5)28-26(33)34-27(6,7)8/h10-15,20,23H,1-9H3,(H,28,33)(H,29,31). The van der Waals surface area contributed by atoms with Crippen molar-refractivity contribution in [1.29, 1.82) is 0 Å². The minimum absolute atomic E-state index is 0.327. The average Bonchev–Trinajstić information content (AvgIpc) is 2.71. The Morgan fingerprint density at radius 3 is 2.09 bits per heavy atom. The van der Waals surface area contributed by atoms with E-state index in [4.69, 9.17) is 4.74 Å². The van der Waals surface area contributed by atoms with E-state index in [1.54, 1.807) is 34.7 Å². The van der Waals surface area contributed by atoms with E-state index in [1.165, 1.54) is 4.90 Å². The van der Waals surface area contributed by atoms with E-state index in [2.05, 4.69) is 10.6 Å². The molecule has 7 heteroatoms. The van der Waals surface area contributed by atoms with Gasteiger partial charge >= 0.3 is 6.09 Å². The number of rotatable bonds is 6. The Morgan fingerprint density at radius 2 is 1.53 bits per heavy atom. The molecule has 0 aliphatic rings. The zero-order chi connectivity index (χ0) is 25.8. The predicted molar refractivity (Wildman–Crippen MR) is 135 cm³/mol. The van der Waals surface area contributed by atoms with Crippen LogP contribution in [0, 0.1) is 27.7 Å². The van der Waals surface area contributed by atoms with E-state index in [-0.39, 0.29) is 5.91 Å². The summed E-state index contributed by atoms with van der Waals surface area (Å²) in [6.07, 6.45) is -0.690. The number of carbonyl (C=O) groups excluding carboxylic acids is 3. The summed E-state index contributed by atoms with van der Waals surface area (Å²) >= 11 is 0. The molecule has 2 atom stereocenters. The fraction of sp³-hybridized carbons (Fsp3) is 0.444. The van der Waals surface area contributed by atoms with Gasteiger partial charge in [0.2, 0.25) is 5.91 Å². The first-order valence-electron chi connectivity index (χ1n) is 11.4. The quantitative estimate of drug-likeness (QED) is 0.628. The molecule has 0 aliphatic carbocycles. The van der Waals surface area contributed by atoms with Crippen LogP contribution in [0.1, 0.15) is 61.6 Å². The lowest BCUT2D eigenvalue weighted by atomic mass is 9.96. The molecule has 0 saturated heterocycles. The fourth-order valence-electron chi connectivity index (χ4n) is 3.76. The lowest BCUT2D eigenvalue weighted by molar-refractivity contribution is -0.138. The summed E-state index contributed by atoms with van der Waals surface area (Å²) in [4.78, 5) is 40.5. The minimum Gasteiger partial charge on any atom is -0.444 e. The van der Waals surface area contributed by atoms with Crippen LogP contribution in [0.25, 0.3) is 0 Å². The van der Waals surface area contributed by atoms with Gasteiger partial charge in [0, 0.05) is 12.7 Å². The molecule has 2 aromatic carbocycles. The van der Waals surface area contributed by atoms with Crippen LogP contribution in [0.5, 0.6) is 0 Å². The Labute approximate surface area is 202 Å². The minimum atomic E-state index is -0.894. The molecule has 0 aliphatic heterocycles. The maximum absolute atomic E-state index is 13.6. The number of hydrogen-bond acceptors (Lipinski definition) is 4. The number of ether oxygens (including phenoxy) is 1. The molecular formula is C27H37N3O4. The van der Waals surface area contributed by atoms with E-state index < -0.39 is 29.7 Å². The predicted octanol–water partition coefficient (Wildman–Crippen LogP) is 4.97. The van der Waals surface area contributed by atoms with Gasteiger partial charge in [-0.25, -0.2) is 4.79 Å². The summed E-state index contributed by atoms with van der Waals surface area (Å²) in [6, 6.07) is 9.82. The first-order valence-corrected chi connectivity index (χ1v) is 11.4. The maximum atomic E-state index is 13.6. The first kappa shape index (κ1) is 26.9. The molecule has 2 rings (SSSR count). The van der Waals surface area contributed by atoms with E-state index in [0.29, 0.717) is 0 Å². The van der Waals surface area contributed by atoms with Gasteiger partial charge < -0.3 is 20.3 Å². The molecular weight excluding hydrogens is 430 g/mol. The van der Waals surface area contributed by atoms with Crippen molar-refractivity contribution >= 4 is 23.6 Å². The Balaban J connectivity index is 2.39. The number of aryl methyl sites for hydroxylation is 4. The van der Waals surface area contributed by atoms with Crippen molar-refractivity contribution in [3.8, 4) is 0 Å². The largest absolute Gasteiger partial charge is 0.444 e. The topological polar surface area (TPSA) is 87.7 Å². The highest BCUT2D eigenvalue weighted by molar-refractivity contribution is 6.00. The van der Waals surface area contributed by atoms with Crippen LogP contribution in [0.15, 0.2) is 36.4 Å². The molecule has 0 spiro atoms. The van der Waals surface area contributed by atoms with Crippen molar-refractivity contribution in [3.05, 3.63) is 64.2 Å². The monoisotopic (exact) mass is 467 g/mol. The smallest absolute Gasteiger partial charge is 0.408 e. The number of anilines is 1. The van der Waals surface area contributed by atoms with Crippen LogP contribution in [0.4, 0.5) is 10.5 Å². The fourth-order valence-corrected chi connectivity index (χ4v) is 3.76. The number of nitrogens with one attached hydrogen (secondary N) is 2. The summed E-state index contributed by atoms with van der Waals surface area (Å²) in [5.41, 5.74) is 4.49. The highest BCUT2D eigenvalue weighted by atomic mass is 16.6. The summed E-state index contributed by atoms with van der Waals surface area (Å²) in [6.45, 7) is 14.5. The van der Waals surface area contributed by atoms with Gasteiger partial charge in [-0.1, -0.05) is 42.0 Å². The Morgan fingerprint density at radius 1 is 0.941 bits per heavy atom. The van der Waals surface area contributed by atoms with Gasteiger partial charge in [0.05, 0.1) is 0 Å².